The Balaban J connectivity index is 0.000000817. The first kappa shape index (κ1) is 20.5. The van der Waals surface area contributed by atoms with E-state index < -0.39 is 29.9 Å². The Hall–Kier alpha value is -2.84. The standard InChI is InChI=1S/C15H12F4N4O.C3H8/c16-10-4-12-11(21-1-2-22-12)3-8(10)5-23-13-7-20-6-9(14(13)24)15(17,18)19;1-3-2/h1-4,7,20,23-24H,5-6H2;3H2,1-2H3. The smallest absolute Gasteiger partial charge is 0.418 e. The number of nitrogens with one attached hydrogen (secondary N) is 2. The number of rotatable bonds is 3. The summed E-state index contributed by atoms with van der Waals surface area (Å²) in [6.07, 6.45) is 0.695. The van der Waals surface area contributed by atoms with Crippen molar-refractivity contribution < 1.29 is 22.7 Å². The monoisotopic (exact) mass is 384 g/mol. The molecule has 0 aliphatic carbocycles. The number of aliphatic hydroxyl groups is 1. The first-order valence-electron chi connectivity index (χ1n) is 8.34. The lowest BCUT2D eigenvalue weighted by atomic mass is 10.1. The fourth-order valence-electron chi connectivity index (χ4n) is 2.29. The van der Waals surface area contributed by atoms with Crippen LogP contribution >= 0.6 is 0 Å². The molecule has 2 aromatic rings. The van der Waals surface area contributed by atoms with Gasteiger partial charge in [-0.25, -0.2) is 4.39 Å². The maximum absolute atomic E-state index is 14.0. The maximum atomic E-state index is 14.0. The minimum Gasteiger partial charge on any atom is -0.505 e. The zero-order chi connectivity index (χ0) is 20.0. The summed E-state index contributed by atoms with van der Waals surface area (Å²) in [6.45, 7) is 3.60. The van der Waals surface area contributed by atoms with Crippen LogP contribution in [0.4, 0.5) is 17.6 Å². The summed E-state index contributed by atoms with van der Waals surface area (Å²) in [5.74, 6) is -1.47. The molecule has 1 aliphatic rings. The van der Waals surface area contributed by atoms with Crippen LogP contribution in [0.3, 0.4) is 0 Å². The predicted octanol–water partition coefficient (Wildman–Crippen LogP) is 4.09. The lowest BCUT2D eigenvalue weighted by molar-refractivity contribution is -0.0956. The number of aromatic nitrogens is 2. The van der Waals surface area contributed by atoms with Crippen LogP contribution in [0.5, 0.6) is 0 Å². The van der Waals surface area contributed by atoms with Gasteiger partial charge < -0.3 is 15.7 Å². The third kappa shape index (κ3) is 5.08. The lowest BCUT2D eigenvalue weighted by Gasteiger charge is -2.21. The molecule has 0 saturated heterocycles. The number of nitrogens with zero attached hydrogens (tertiary/aromatic N) is 2. The van der Waals surface area contributed by atoms with E-state index >= 15 is 0 Å². The zero-order valence-electron chi connectivity index (χ0n) is 14.9. The average Bonchev–Trinajstić information content (AvgIpc) is 2.60. The van der Waals surface area contributed by atoms with E-state index in [0.717, 1.165) is 0 Å². The van der Waals surface area contributed by atoms with Crippen LogP contribution < -0.4 is 10.6 Å². The quantitative estimate of drug-likeness (QED) is 0.696. The number of hydrogen-bond acceptors (Lipinski definition) is 5. The molecule has 1 aromatic heterocycles. The lowest BCUT2D eigenvalue weighted by Crippen LogP contribution is -2.31. The molecule has 3 rings (SSSR count). The largest absolute Gasteiger partial charge is 0.505 e. The third-order valence-corrected chi connectivity index (χ3v) is 3.52. The van der Waals surface area contributed by atoms with Crippen molar-refractivity contribution in [2.75, 3.05) is 6.54 Å². The molecule has 0 atom stereocenters. The molecule has 0 radical (unpaired) electrons. The van der Waals surface area contributed by atoms with Gasteiger partial charge in [-0.1, -0.05) is 20.3 Å². The molecule has 146 valence electrons. The minimum absolute atomic E-state index is 0.124. The van der Waals surface area contributed by atoms with Gasteiger partial charge in [0.1, 0.15) is 11.6 Å². The normalized spacial score (nSPS) is 14.2. The van der Waals surface area contributed by atoms with Gasteiger partial charge >= 0.3 is 6.18 Å². The number of halogens is 4. The van der Waals surface area contributed by atoms with Crippen molar-refractivity contribution in [1.82, 2.24) is 20.6 Å². The first-order chi connectivity index (χ1) is 12.8. The Morgan fingerprint density at radius 2 is 1.74 bits per heavy atom. The summed E-state index contributed by atoms with van der Waals surface area (Å²) in [4.78, 5) is 8.01. The third-order valence-electron chi connectivity index (χ3n) is 3.52. The fraction of sp³-hybridized carbons (Fsp3) is 0.333. The molecule has 0 spiro atoms. The van der Waals surface area contributed by atoms with Gasteiger partial charge in [0, 0.05) is 43.3 Å². The second-order valence-electron chi connectivity index (χ2n) is 5.81. The van der Waals surface area contributed by atoms with Gasteiger partial charge in [0.25, 0.3) is 0 Å². The molecule has 27 heavy (non-hydrogen) atoms. The van der Waals surface area contributed by atoms with Gasteiger partial charge in [-0.05, 0) is 6.07 Å². The van der Waals surface area contributed by atoms with Gasteiger partial charge in [0.2, 0.25) is 0 Å². The molecule has 0 bridgehead atoms. The number of benzene rings is 1. The Morgan fingerprint density at radius 1 is 1.15 bits per heavy atom. The molecule has 0 saturated carbocycles. The molecule has 0 amide bonds. The van der Waals surface area contributed by atoms with E-state index in [-0.39, 0.29) is 17.8 Å². The van der Waals surface area contributed by atoms with Gasteiger partial charge in [-0.15, -0.1) is 0 Å². The van der Waals surface area contributed by atoms with E-state index in [1.54, 1.807) is 0 Å². The van der Waals surface area contributed by atoms with E-state index in [9.17, 15) is 22.7 Å². The van der Waals surface area contributed by atoms with E-state index in [0.29, 0.717) is 11.0 Å². The van der Waals surface area contributed by atoms with E-state index in [2.05, 4.69) is 34.4 Å². The summed E-state index contributed by atoms with van der Waals surface area (Å²) in [5.41, 5.74) is -0.220. The summed E-state index contributed by atoms with van der Waals surface area (Å²) < 4.78 is 52.4. The highest BCUT2D eigenvalue weighted by molar-refractivity contribution is 5.74. The van der Waals surface area contributed by atoms with Crippen LogP contribution in [-0.2, 0) is 6.54 Å². The van der Waals surface area contributed by atoms with Crippen molar-refractivity contribution in [2.24, 2.45) is 0 Å². The van der Waals surface area contributed by atoms with Gasteiger partial charge in [-0.2, -0.15) is 13.2 Å². The summed E-state index contributed by atoms with van der Waals surface area (Å²) in [5, 5.41) is 14.8. The van der Waals surface area contributed by atoms with Gasteiger partial charge in [0.15, 0.2) is 0 Å². The van der Waals surface area contributed by atoms with Crippen molar-refractivity contribution in [1.29, 1.82) is 0 Å². The molecule has 3 N–H and O–H groups in total. The maximum Gasteiger partial charge on any atom is 0.418 e. The topological polar surface area (TPSA) is 70.1 Å². The molecular weight excluding hydrogens is 364 g/mol. The van der Waals surface area contributed by atoms with Crippen molar-refractivity contribution in [3.8, 4) is 0 Å². The van der Waals surface area contributed by atoms with Crippen LogP contribution in [0, 0.1) is 5.82 Å². The highest BCUT2D eigenvalue weighted by Gasteiger charge is 2.38. The van der Waals surface area contributed by atoms with Gasteiger partial charge in [-0.3, -0.25) is 9.97 Å². The molecule has 0 unspecified atom stereocenters. The zero-order valence-corrected chi connectivity index (χ0v) is 14.9. The number of alkyl halides is 3. The number of hydrogen-bond donors (Lipinski definition) is 3. The van der Waals surface area contributed by atoms with Crippen LogP contribution in [0.15, 0.2) is 47.8 Å². The Morgan fingerprint density at radius 3 is 2.33 bits per heavy atom. The number of dihydropyridines is 1. The molecule has 5 nitrogen and oxygen atoms in total. The van der Waals surface area contributed by atoms with E-state index in [1.165, 1.54) is 37.1 Å². The van der Waals surface area contributed by atoms with Crippen molar-refractivity contribution in [3.63, 3.8) is 0 Å². The van der Waals surface area contributed by atoms with Crippen molar-refractivity contribution in [2.45, 2.75) is 33.0 Å². The molecule has 0 fully saturated rings. The van der Waals surface area contributed by atoms with Crippen LogP contribution in [-0.4, -0.2) is 27.8 Å². The molecule has 9 heteroatoms. The fourth-order valence-corrected chi connectivity index (χ4v) is 2.29. The molecular formula is C18H20F4N4O. The van der Waals surface area contributed by atoms with Crippen molar-refractivity contribution >= 4 is 11.0 Å². The summed E-state index contributed by atoms with van der Waals surface area (Å²) in [6, 6.07) is 2.65. The van der Waals surface area contributed by atoms with Gasteiger partial charge in [0.05, 0.1) is 22.3 Å². The van der Waals surface area contributed by atoms with Crippen LogP contribution in [0.1, 0.15) is 25.8 Å². The Kier molecular flexibility index (Phi) is 6.59. The van der Waals surface area contributed by atoms with E-state index in [1.807, 2.05) is 0 Å². The number of fused-ring (bicyclic) bond motifs is 1. The second-order valence-corrected chi connectivity index (χ2v) is 5.81. The first-order valence-corrected chi connectivity index (χ1v) is 8.34. The molecule has 1 aromatic carbocycles. The Labute approximate surface area is 153 Å². The molecule has 2 heterocycles. The minimum atomic E-state index is -4.65. The summed E-state index contributed by atoms with van der Waals surface area (Å²) >= 11 is 0. The Bertz CT molecular complexity index is 862. The van der Waals surface area contributed by atoms with Crippen LogP contribution in [0.2, 0.25) is 0 Å². The van der Waals surface area contributed by atoms with E-state index in [4.69, 9.17) is 0 Å². The molecule has 1 aliphatic heterocycles. The summed E-state index contributed by atoms with van der Waals surface area (Å²) in [7, 11) is 0. The average molecular weight is 384 g/mol. The van der Waals surface area contributed by atoms with Crippen molar-refractivity contribution in [3.05, 3.63) is 59.1 Å². The SMILES string of the molecule is CCC.OC1=C(C(F)(F)F)CNC=C1NCc1cc2nccnc2cc1F. The predicted molar refractivity (Wildman–Crippen MR) is 94.1 cm³/mol. The second kappa shape index (κ2) is 8.70. The number of aliphatic hydroxyl groups excluding tert-OH is 1. The highest BCUT2D eigenvalue weighted by Crippen LogP contribution is 2.30. The highest BCUT2D eigenvalue weighted by atomic mass is 19.4. The van der Waals surface area contributed by atoms with Crippen LogP contribution in [0.25, 0.3) is 11.0 Å².